The molecule has 7 aliphatic rings. The fourth-order valence-corrected chi connectivity index (χ4v) is 12.5. The van der Waals surface area contributed by atoms with E-state index in [1.54, 1.807) is 11.3 Å². The van der Waals surface area contributed by atoms with Crippen LogP contribution in [0.2, 0.25) is 0 Å². The lowest BCUT2D eigenvalue weighted by Gasteiger charge is -2.36. The molecule has 0 atom stereocenters. The normalized spacial score (nSPS) is 19.1. The van der Waals surface area contributed by atoms with Crippen molar-refractivity contribution in [1.82, 2.24) is 0 Å². The van der Waals surface area contributed by atoms with Crippen LogP contribution in [-0.4, -0.2) is 6.54 Å². The fourth-order valence-electron chi connectivity index (χ4n) is 12.5. The van der Waals surface area contributed by atoms with Crippen LogP contribution >= 0.6 is 0 Å². The molecule has 63 heavy (non-hydrogen) atoms. The Kier molecular flexibility index (Phi) is 8.17. The second kappa shape index (κ2) is 13.9. The Morgan fingerprint density at radius 3 is 1.90 bits per heavy atom. The first-order valence-corrected chi connectivity index (χ1v) is 23.4. The summed E-state index contributed by atoms with van der Waals surface area (Å²) in [6.07, 6.45) is 27.6. The van der Waals surface area contributed by atoms with Gasteiger partial charge in [0.15, 0.2) is 0 Å². The van der Waals surface area contributed by atoms with Crippen molar-refractivity contribution in [1.29, 1.82) is 0 Å². The van der Waals surface area contributed by atoms with Crippen LogP contribution in [0.15, 0.2) is 174 Å². The number of nitrogens with zero attached hydrogens (tertiary/aromatic N) is 2. The SMILES string of the molecule is CC1(C)c2cc(/C=C/c3ccc4c(c3)C3(Cc5ccccc5C3)c3cc(N5CCCC6=C5CCC=C6)ccc3-4)ccc2-c2ccc(N3C4=C(C=CCC4)C=Cc4ccccc43)cc21. The van der Waals surface area contributed by atoms with Crippen LogP contribution < -0.4 is 9.80 Å². The number of fused-ring (bicyclic) bond motifs is 10. The highest BCUT2D eigenvalue weighted by Crippen LogP contribution is 2.57. The molecule has 0 amide bonds. The van der Waals surface area contributed by atoms with Crippen molar-refractivity contribution in [2.75, 3.05) is 16.3 Å². The van der Waals surface area contributed by atoms with Gasteiger partial charge in [-0.3, -0.25) is 0 Å². The largest absolute Gasteiger partial charge is 0.345 e. The molecule has 0 bridgehead atoms. The smallest absolute Gasteiger partial charge is 0.0531 e. The van der Waals surface area contributed by atoms with E-state index in [1.807, 2.05) is 0 Å². The van der Waals surface area contributed by atoms with Crippen LogP contribution in [0.25, 0.3) is 40.5 Å². The maximum absolute atomic E-state index is 2.65. The molecular weight excluding hydrogens is 761 g/mol. The van der Waals surface area contributed by atoms with Gasteiger partial charge in [0, 0.05) is 40.1 Å². The van der Waals surface area contributed by atoms with Crippen molar-refractivity contribution >= 4 is 35.3 Å². The van der Waals surface area contributed by atoms with E-state index >= 15 is 0 Å². The minimum atomic E-state index is -0.139. The molecule has 2 aliphatic heterocycles. The number of hydrogen-bond donors (Lipinski definition) is 0. The molecular formula is C61H52N2. The molecule has 2 heteroatoms. The Labute approximate surface area is 372 Å². The van der Waals surface area contributed by atoms with E-state index in [0.29, 0.717) is 0 Å². The third kappa shape index (κ3) is 5.63. The molecule has 0 unspecified atom stereocenters. The Balaban J connectivity index is 0.837. The van der Waals surface area contributed by atoms with Gasteiger partial charge in [-0.15, -0.1) is 0 Å². The highest BCUT2D eigenvalue weighted by atomic mass is 15.2. The molecule has 6 aromatic rings. The Morgan fingerprint density at radius 2 is 1.13 bits per heavy atom. The lowest BCUT2D eigenvalue weighted by Crippen LogP contribution is -2.30. The quantitative estimate of drug-likeness (QED) is 0.164. The summed E-state index contributed by atoms with van der Waals surface area (Å²) in [7, 11) is 0. The van der Waals surface area contributed by atoms with Crippen molar-refractivity contribution < 1.29 is 0 Å². The van der Waals surface area contributed by atoms with Gasteiger partial charge in [-0.25, -0.2) is 0 Å². The Morgan fingerprint density at radius 1 is 0.524 bits per heavy atom. The molecule has 2 nitrogen and oxygen atoms in total. The minimum absolute atomic E-state index is 0.0619. The van der Waals surface area contributed by atoms with E-state index < -0.39 is 0 Å². The monoisotopic (exact) mass is 812 g/mol. The molecule has 0 saturated heterocycles. The van der Waals surface area contributed by atoms with Crippen molar-refractivity contribution in [3.05, 3.63) is 224 Å². The average molecular weight is 813 g/mol. The molecule has 0 fully saturated rings. The van der Waals surface area contributed by atoms with Crippen molar-refractivity contribution in [2.45, 2.75) is 76.0 Å². The van der Waals surface area contributed by atoms with Crippen LogP contribution in [0.3, 0.4) is 0 Å². The van der Waals surface area contributed by atoms with Gasteiger partial charge in [0.2, 0.25) is 0 Å². The molecule has 13 rings (SSSR count). The van der Waals surface area contributed by atoms with Gasteiger partial charge in [0.1, 0.15) is 0 Å². The number of anilines is 3. The maximum Gasteiger partial charge on any atom is 0.0531 e. The predicted octanol–water partition coefficient (Wildman–Crippen LogP) is 15.2. The summed E-state index contributed by atoms with van der Waals surface area (Å²) in [5.74, 6) is 0. The topological polar surface area (TPSA) is 6.48 Å². The minimum Gasteiger partial charge on any atom is -0.345 e. The second-order valence-electron chi connectivity index (χ2n) is 19.5. The van der Waals surface area contributed by atoms with Gasteiger partial charge >= 0.3 is 0 Å². The highest BCUT2D eigenvalue weighted by molar-refractivity contribution is 5.89. The molecule has 0 aromatic heterocycles. The zero-order valence-electron chi connectivity index (χ0n) is 36.4. The van der Waals surface area contributed by atoms with Crippen LogP contribution in [0.1, 0.15) is 102 Å². The Bertz CT molecular complexity index is 3110. The summed E-state index contributed by atoms with van der Waals surface area (Å²) in [5, 5.41) is 0. The summed E-state index contributed by atoms with van der Waals surface area (Å²) in [6, 6.07) is 47.1. The van der Waals surface area contributed by atoms with E-state index in [9.17, 15) is 0 Å². The third-order valence-electron chi connectivity index (χ3n) is 15.7. The summed E-state index contributed by atoms with van der Waals surface area (Å²) < 4.78 is 0. The van der Waals surface area contributed by atoms with Crippen molar-refractivity contribution in [3.63, 3.8) is 0 Å². The molecule has 0 N–H and O–H groups in total. The predicted molar refractivity (Wildman–Crippen MR) is 264 cm³/mol. The van der Waals surface area contributed by atoms with E-state index in [0.717, 1.165) is 45.1 Å². The molecule has 5 aliphatic carbocycles. The summed E-state index contributed by atoms with van der Waals surface area (Å²) in [5.41, 5.74) is 27.5. The zero-order valence-corrected chi connectivity index (χ0v) is 36.4. The standard InChI is InChI=1S/C61H52N2/c1-60(2)53-34-40(23-29-49(53)50-32-28-48(37-54(50)60)63-58-19-9-6-13-43(58)25-26-44-14-7-10-20-59(44)63)21-22-41-24-30-51-52-31-27-47(62-33-11-17-42-12-5-8-18-57(42)62)36-56(52)61(55(51)35-41)38-45-15-3-4-16-46(45)39-61/h3-7,9,12-16,19,21-32,34-37H,8,10-11,17-18,20,33,38-39H2,1-2H3/b22-21+. The molecule has 0 radical (unpaired) electrons. The first kappa shape index (κ1) is 37.0. The first-order chi connectivity index (χ1) is 30.9. The number of hydrogen-bond acceptors (Lipinski definition) is 2. The van der Waals surface area contributed by atoms with Gasteiger partial charge in [0.25, 0.3) is 0 Å². The third-order valence-corrected chi connectivity index (χ3v) is 15.7. The number of benzene rings is 6. The average Bonchev–Trinajstić information content (AvgIpc) is 3.87. The molecule has 2 heterocycles. The van der Waals surface area contributed by atoms with Gasteiger partial charge in [-0.2, -0.15) is 0 Å². The fraction of sp³-hybridized carbons (Fsp3) is 0.213. The number of allylic oxidation sites excluding steroid dienone is 9. The van der Waals surface area contributed by atoms with E-state index in [4.69, 9.17) is 0 Å². The van der Waals surface area contributed by atoms with Crippen molar-refractivity contribution in [3.8, 4) is 22.3 Å². The van der Waals surface area contributed by atoms with Gasteiger partial charge < -0.3 is 9.80 Å². The van der Waals surface area contributed by atoms with Crippen LogP contribution in [-0.2, 0) is 23.7 Å². The molecule has 0 saturated carbocycles. The first-order valence-electron chi connectivity index (χ1n) is 23.4. The molecule has 306 valence electrons. The lowest BCUT2D eigenvalue weighted by molar-refractivity contribution is 0.563. The Hall–Kier alpha value is -6.64. The van der Waals surface area contributed by atoms with Crippen LogP contribution in [0.5, 0.6) is 0 Å². The summed E-state index contributed by atoms with van der Waals surface area (Å²) in [4.78, 5) is 5.18. The summed E-state index contributed by atoms with van der Waals surface area (Å²) in [6.45, 7) is 5.93. The number of para-hydroxylation sites is 1. The lowest BCUT2D eigenvalue weighted by atomic mass is 9.75. The molecule has 1 spiro atoms. The van der Waals surface area contributed by atoms with E-state index in [2.05, 4.69) is 194 Å². The zero-order chi connectivity index (χ0) is 41.9. The van der Waals surface area contributed by atoms with Crippen molar-refractivity contribution in [2.24, 2.45) is 0 Å². The van der Waals surface area contributed by atoms with Gasteiger partial charge in [-0.1, -0.05) is 153 Å². The van der Waals surface area contributed by atoms with Crippen LogP contribution in [0, 0.1) is 0 Å². The van der Waals surface area contributed by atoms with E-state index in [1.165, 1.54) is 113 Å². The maximum atomic E-state index is 2.65. The summed E-state index contributed by atoms with van der Waals surface area (Å²) >= 11 is 0. The molecule has 6 aromatic carbocycles. The van der Waals surface area contributed by atoms with Gasteiger partial charge in [-0.05, 0) is 165 Å². The second-order valence-corrected chi connectivity index (χ2v) is 19.5. The van der Waals surface area contributed by atoms with Crippen LogP contribution in [0.4, 0.5) is 17.1 Å². The highest BCUT2D eigenvalue weighted by Gasteiger charge is 2.47. The van der Waals surface area contributed by atoms with E-state index in [-0.39, 0.29) is 10.8 Å². The number of rotatable bonds is 4. The van der Waals surface area contributed by atoms with Gasteiger partial charge in [0.05, 0.1) is 5.69 Å².